The fraction of sp³-hybridized carbons (Fsp3) is 0.0488. The molecule has 314 valence electrons. The van der Waals surface area contributed by atoms with E-state index in [4.69, 9.17) is 13.4 Å². The van der Waals surface area contributed by atoms with Gasteiger partial charge < -0.3 is 18.2 Å². The number of rotatable bonds is 12. The van der Waals surface area contributed by atoms with E-state index < -0.39 is 46.5 Å². The molecule has 0 unspecified atom stereocenters. The Balaban J connectivity index is 0.00000306. The van der Waals surface area contributed by atoms with Crippen molar-refractivity contribution in [3.05, 3.63) is 132 Å². The largest absolute Gasteiger partial charge is 1.00 e. The molecule has 9 rings (SSSR count). The zero-order valence-electron chi connectivity index (χ0n) is 33.8. The molecular formula is C41H26N4Na2O12S5. The van der Waals surface area contributed by atoms with Gasteiger partial charge in [-0.25, -0.2) is 13.4 Å². The van der Waals surface area contributed by atoms with Crippen LogP contribution >= 0.6 is 23.4 Å². The number of aromatic nitrogens is 4. The minimum Gasteiger partial charge on any atom is -0.744 e. The molecule has 0 radical (unpaired) electrons. The second-order valence-electron chi connectivity index (χ2n) is 13.8. The summed E-state index contributed by atoms with van der Waals surface area (Å²) in [7, 11) is -14.5. The van der Waals surface area contributed by atoms with E-state index in [1.54, 1.807) is 44.2 Å². The Bertz CT molecular complexity index is 3610. The summed E-state index contributed by atoms with van der Waals surface area (Å²) in [5.41, 5.74) is 1.25. The topological polar surface area (TPSA) is 229 Å². The number of thiazole rings is 1. The molecule has 0 amide bonds. The van der Waals surface area contributed by atoms with Crippen LogP contribution in [0.25, 0.3) is 59.1 Å². The van der Waals surface area contributed by atoms with Crippen molar-refractivity contribution in [3.8, 4) is 27.8 Å². The molecule has 9 aromatic rings. The summed E-state index contributed by atoms with van der Waals surface area (Å²) < 4.78 is 111. The molecule has 0 bridgehead atoms. The van der Waals surface area contributed by atoms with Gasteiger partial charge >= 0.3 is 79.4 Å². The van der Waals surface area contributed by atoms with Crippen LogP contribution in [0.3, 0.4) is 0 Å². The van der Waals surface area contributed by atoms with E-state index in [-0.39, 0.29) is 107 Å². The van der Waals surface area contributed by atoms with Gasteiger partial charge in [0.05, 0.1) is 32.7 Å². The molecule has 0 saturated carbocycles. The first-order chi connectivity index (χ1) is 29.6. The number of nitrogens with zero attached hydrogens (tertiary/aromatic N) is 4. The summed E-state index contributed by atoms with van der Waals surface area (Å²) in [4.78, 5) is 4.71. The van der Waals surface area contributed by atoms with Gasteiger partial charge in [0.25, 0.3) is 0 Å². The minimum absolute atomic E-state index is 0. The fourth-order valence-electron chi connectivity index (χ4n) is 6.66. The third-order valence-electron chi connectivity index (χ3n) is 9.64. The molecule has 0 spiro atoms. The quantitative estimate of drug-likeness (QED) is 0.0420. The zero-order chi connectivity index (χ0) is 43.6. The molecule has 0 aliphatic rings. The van der Waals surface area contributed by atoms with Gasteiger partial charge in [-0.3, -0.25) is 5.04 Å². The Morgan fingerprint density at radius 3 is 1.92 bits per heavy atom. The normalized spacial score (nSPS) is 12.1. The molecule has 16 nitrogen and oxygen atoms in total. The van der Waals surface area contributed by atoms with Crippen LogP contribution in [0.4, 0.5) is 0 Å². The Labute approximate surface area is 417 Å². The van der Waals surface area contributed by atoms with E-state index >= 15 is 0 Å². The molecule has 23 heteroatoms. The number of fused-ring (bicyclic) bond motifs is 6. The molecule has 0 N–H and O–H groups in total. The number of hydrogen-bond donors (Lipinski definition) is 0. The third-order valence-corrected chi connectivity index (χ3v) is 14.7. The van der Waals surface area contributed by atoms with Crippen LogP contribution in [0.15, 0.2) is 141 Å². The average Bonchev–Trinajstić information content (AvgIpc) is 3.88. The average molecular weight is 973 g/mol. The van der Waals surface area contributed by atoms with Gasteiger partial charge in [-0.15, -0.1) is 26.3 Å². The molecule has 2 heterocycles. The van der Waals surface area contributed by atoms with Crippen LogP contribution in [-0.4, -0.2) is 49.8 Å². The van der Waals surface area contributed by atoms with Crippen molar-refractivity contribution < 1.29 is 112 Å². The first kappa shape index (κ1) is 47.9. The number of hydrogen-bond acceptors (Lipinski definition) is 17. The van der Waals surface area contributed by atoms with Gasteiger partial charge in [0.15, 0.2) is 11.5 Å². The van der Waals surface area contributed by atoms with Crippen LogP contribution in [0.1, 0.15) is 11.1 Å². The molecule has 0 atom stereocenters. The predicted molar refractivity (Wildman–Crippen MR) is 226 cm³/mol. The smallest absolute Gasteiger partial charge is 0.744 e. The second-order valence-corrected chi connectivity index (χ2v) is 20.0. The van der Waals surface area contributed by atoms with Crippen molar-refractivity contribution in [1.82, 2.24) is 20.0 Å². The van der Waals surface area contributed by atoms with Crippen molar-refractivity contribution >= 4 is 96.5 Å². The van der Waals surface area contributed by atoms with Crippen molar-refractivity contribution in [2.24, 2.45) is 0 Å². The summed E-state index contributed by atoms with van der Waals surface area (Å²) in [6, 6.07) is 30.8. The summed E-state index contributed by atoms with van der Waals surface area (Å²) >= 11 is 1.72. The molecule has 7 aromatic carbocycles. The zero-order valence-corrected chi connectivity index (χ0v) is 41.9. The molecular weight excluding hydrogens is 947 g/mol. The first-order valence-electron chi connectivity index (χ1n) is 18.0. The molecule has 0 saturated heterocycles. The van der Waals surface area contributed by atoms with Gasteiger partial charge in [-0.2, -0.15) is 21.2 Å². The Hall–Kier alpha value is -4.01. The molecule has 2 aromatic heterocycles. The minimum atomic E-state index is -5.25. The summed E-state index contributed by atoms with van der Waals surface area (Å²) in [5.74, 6) is -0.802. The maximum absolute atomic E-state index is 14.0. The van der Waals surface area contributed by atoms with E-state index in [0.717, 1.165) is 43.5 Å². The summed E-state index contributed by atoms with van der Waals surface area (Å²) in [5, 5.41) is 25.2. The van der Waals surface area contributed by atoms with Crippen LogP contribution in [0.5, 0.6) is 11.5 Å². The Kier molecular flexibility index (Phi) is 14.0. The summed E-state index contributed by atoms with van der Waals surface area (Å²) in [6.45, 7) is 3.56. The maximum Gasteiger partial charge on any atom is 1.00 e. The number of benzene rings is 7. The number of aryl methyl sites for hydroxylation is 2. The Morgan fingerprint density at radius 2 is 1.28 bits per heavy atom. The standard InChI is InChI=1S/C41H28N4O12S5.2Na/c1-23-7-13-28(14-8-23)61(50,51)54-35-22-34(45-43-38-30-17-12-27(59-57-56-46)19-26(30)20-37(39(38)44-45)60(47,48)49)36(55-62(52,53)29-15-9-24(2)10-16-29)21-32(35)41-42-33-18-11-25-5-3-4-6-31(25)40(33)58-41;;/h3-22,46H,1-2H3,(H,47,48,49);;/q;2*+1/p-2. The van der Waals surface area contributed by atoms with E-state index in [0.29, 0.717) is 22.5 Å². The van der Waals surface area contributed by atoms with Crippen molar-refractivity contribution in [1.29, 1.82) is 0 Å². The van der Waals surface area contributed by atoms with Gasteiger partial charge in [0.1, 0.15) is 41.6 Å². The van der Waals surface area contributed by atoms with E-state index in [1.807, 2.05) is 30.3 Å². The van der Waals surface area contributed by atoms with E-state index in [1.165, 1.54) is 59.9 Å². The van der Waals surface area contributed by atoms with Gasteiger partial charge in [-0.05, 0) is 79.2 Å². The monoisotopic (exact) mass is 972 g/mol. The van der Waals surface area contributed by atoms with Gasteiger partial charge in [0.2, 0.25) is 0 Å². The van der Waals surface area contributed by atoms with Gasteiger partial charge in [0, 0.05) is 21.7 Å². The van der Waals surface area contributed by atoms with Crippen LogP contribution in [-0.2, 0) is 39.7 Å². The molecule has 0 aliphatic carbocycles. The first-order valence-corrected chi connectivity index (χ1v) is 23.8. The van der Waals surface area contributed by atoms with Crippen molar-refractivity contribution in [2.75, 3.05) is 0 Å². The van der Waals surface area contributed by atoms with Crippen LogP contribution < -0.4 is 72.7 Å². The second kappa shape index (κ2) is 18.7. The molecule has 64 heavy (non-hydrogen) atoms. The van der Waals surface area contributed by atoms with E-state index in [2.05, 4.69) is 19.6 Å². The van der Waals surface area contributed by atoms with Crippen LogP contribution in [0.2, 0.25) is 0 Å². The SMILES string of the molecule is Cc1ccc(S(=O)(=O)Oc2cc(-n3nc4c(S(=O)(=O)[O-])cc5cc(SOO[O-])ccc5c4n3)c(OS(=O)(=O)c3ccc(C)cc3)cc2-c2nc3ccc4ccccc4c3s2)cc1.[Na+].[Na+]. The van der Waals surface area contributed by atoms with Gasteiger partial charge in [-0.1, -0.05) is 71.8 Å². The third kappa shape index (κ3) is 9.47. The predicted octanol–water partition coefficient (Wildman–Crippen LogP) is 1.30. The van der Waals surface area contributed by atoms with Crippen LogP contribution in [0, 0.1) is 13.8 Å². The maximum atomic E-state index is 14.0. The molecule has 0 aliphatic heterocycles. The molecule has 0 fully saturated rings. The Morgan fingerprint density at radius 1 is 0.656 bits per heavy atom. The summed E-state index contributed by atoms with van der Waals surface area (Å²) in [6.07, 6.45) is 0. The van der Waals surface area contributed by atoms with Crippen molar-refractivity contribution in [3.63, 3.8) is 0 Å². The fourth-order valence-corrected chi connectivity index (χ4v) is 10.7. The van der Waals surface area contributed by atoms with Crippen molar-refractivity contribution in [2.45, 2.75) is 33.4 Å². The van der Waals surface area contributed by atoms with E-state index in [9.17, 15) is 35.1 Å².